The van der Waals surface area contributed by atoms with Crippen molar-refractivity contribution in [3.8, 4) is 0 Å². The summed E-state index contributed by atoms with van der Waals surface area (Å²) in [5.41, 5.74) is 3.64. The highest BCUT2D eigenvalue weighted by atomic mass is 16.2. The molecule has 160 valence electrons. The number of amides is 3. The topological polar surface area (TPSA) is 82.9 Å². The van der Waals surface area contributed by atoms with E-state index in [4.69, 9.17) is 6.57 Å². The number of carbonyl (C=O) groups excluding carboxylic acids is 3. The van der Waals surface area contributed by atoms with Gasteiger partial charge >= 0.3 is 0 Å². The van der Waals surface area contributed by atoms with Gasteiger partial charge in [-0.3, -0.25) is 19.7 Å². The molecule has 1 aromatic rings. The quantitative estimate of drug-likeness (QED) is 0.579. The predicted octanol–water partition coefficient (Wildman–Crippen LogP) is 3.51. The lowest BCUT2D eigenvalue weighted by molar-refractivity contribution is -0.133. The average molecular weight is 418 g/mol. The first-order chi connectivity index (χ1) is 14.9. The van der Waals surface area contributed by atoms with Gasteiger partial charge in [0, 0.05) is 37.4 Å². The van der Waals surface area contributed by atoms with E-state index in [-0.39, 0.29) is 36.5 Å². The van der Waals surface area contributed by atoms with Crippen molar-refractivity contribution in [1.29, 1.82) is 0 Å². The predicted molar refractivity (Wildman–Crippen MR) is 118 cm³/mol. The van der Waals surface area contributed by atoms with Gasteiger partial charge in [0.15, 0.2) is 5.70 Å². The van der Waals surface area contributed by atoms with Crippen molar-refractivity contribution in [2.75, 3.05) is 23.3 Å². The number of hydrogen-bond donors (Lipinski definition) is 2. The fraction of sp³-hybridized carbons (Fsp3) is 0.417. The molecule has 0 aromatic heterocycles. The van der Waals surface area contributed by atoms with Crippen molar-refractivity contribution in [2.45, 2.75) is 44.9 Å². The van der Waals surface area contributed by atoms with Gasteiger partial charge in [-0.2, -0.15) is 0 Å². The van der Waals surface area contributed by atoms with Crippen LogP contribution in [0.15, 0.2) is 41.6 Å². The van der Waals surface area contributed by atoms with Gasteiger partial charge < -0.3 is 10.2 Å². The standard InChI is InChI=1S/C24H26N4O3/c1-15-7-9-28(10-8-15)21-12-16(18-13-22(29)27-23(30)14-18)4-6-20(21)26-24(31)17-3-5-19(11-17)25-2/h4-6,11-12,15,18H,3,7-10,13-14H2,1H3,(H,26,31)(H,27,29,30). The van der Waals surface area contributed by atoms with Crippen LogP contribution >= 0.6 is 0 Å². The van der Waals surface area contributed by atoms with Crippen LogP contribution in [-0.4, -0.2) is 30.8 Å². The summed E-state index contributed by atoms with van der Waals surface area (Å²) in [6.45, 7) is 11.1. The van der Waals surface area contributed by atoms with Crippen LogP contribution in [0.5, 0.6) is 0 Å². The third-order valence-corrected chi connectivity index (χ3v) is 6.28. The summed E-state index contributed by atoms with van der Waals surface area (Å²) >= 11 is 0. The van der Waals surface area contributed by atoms with Gasteiger partial charge in [-0.15, -0.1) is 0 Å². The Morgan fingerprint density at radius 2 is 1.90 bits per heavy atom. The molecule has 1 aromatic carbocycles. The highest BCUT2D eigenvalue weighted by molar-refractivity contribution is 6.06. The molecule has 3 amide bonds. The average Bonchev–Trinajstić information content (AvgIpc) is 3.23. The number of imide groups is 1. The van der Waals surface area contributed by atoms with E-state index in [0.29, 0.717) is 29.3 Å². The van der Waals surface area contributed by atoms with Crippen LogP contribution in [0.1, 0.15) is 50.5 Å². The lowest BCUT2D eigenvalue weighted by Gasteiger charge is -2.34. The first-order valence-electron chi connectivity index (χ1n) is 10.7. The van der Waals surface area contributed by atoms with Gasteiger partial charge in [0.1, 0.15) is 0 Å². The van der Waals surface area contributed by atoms with E-state index in [1.165, 1.54) is 0 Å². The van der Waals surface area contributed by atoms with Crippen LogP contribution in [0.2, 0.25) is 0 Å². The zero-order chi connectivity index (χ0) is 22.0. The minimum absolute atomic E-state index is 0.156. The largest absolute Gasteiger partial charge is 0.370 e. The van der Waals surface area contributed by atoms with Gasteiger partial charge in [-0.05, 0) is 49.0 Å². The molecule has 31 heavy (non-hydrogen) atoms. The van der Waals surface area contributed by atoms with Crippen molar-refractivity contribution >= 4 is 29.1 Å². The van der Waals surface area contributed by atoms with Gasteiger partial charge in [0.05, 0.1) is 17.9 Å². The number of anilines is 2. The highest BCUT2D eigenvalue weighted by Crippen LogP contribution is 2.36. The number of hydrogen-bond acceptors (Lipinski definition) is 4. The molecular weight excluding hydrogens is 392 g/mol. The van der Waals surface area contributed by atoms with Crippen molar-refractivity contribution in [1.82, 2.24) is 5.32 Å². The van der Waals surface area contributed by atoms with Gasteiger partial charge in [-0.25, -0.2) is 4.85 Å². The van der Waals surface area contributed by atoms with Crippen LogP contribution in [0.25, 0.3) is 4.85 Å². The van der Waals surface area contributed by atoms with Crippen LogP contribution < -0.4 is 15.5 Å². The molecule has 2 fully saturated rings. The Bertz CT molecular complexity index is 1010. The van der Waals surface area contributed by atoms with E-state index in [0.717, 1.165) is 37.2 Å². The Labute approximate surface area is 182 Å². The Balaban J connectivity index is 1.61. The summed E-state index contributed by atoms with van der Waals surface area (Å²) in [5, 5.41) is 5.38. The maximum Gasteiger partial charge on any atom is 0.250 e. The molecule has 0 saturated carbocycles. The smallest absolute Gasteiger partial charge is 0.250 e. The third-order valence-electron chi connectivity index (χ3n) is 6.28. The fourth-order valence-corrected chi connectivity index (χ4v) is 4.38. The Hall–Kier alpha value is -3.40. The summed E-state index contributed by atoms with van der Waals surface area (Å²) < 4.78 is 0. The van der Waals surface area contributed by atoms with Crippen LogP contribution in [0.4, 0.5) is 11.4 Å². The van der Waals surface area contributed by atoms with Crippen molar-refractivity contribution < 1.29 is 14.4 Å². The molecule has 2 N–H and O–H groups in total. The first-order valence-corrected chi connectivity index (χ1v) is 10.7. The second kappa shape index (κ2) is 8.76. The molecule has 2 heterocycles. The molecule has 1 aliphatic carbocycles. The third kappa shape index (κ3) is 4.69. The summed E-state index contributed by atoms with van der Waals surface area (Å²) in [5.74, 6) is -0.191. The van der Waals surface area contributed by atoms with E-state index < -0.39 is 0 Å². The molecule has 3 aliphatic rings. The lowest BCUT2D eigenvalue weighted by atomic mass is 9.88. The molecular formula is C24H26N4O3. The minimum Gasteiger partial charge on any atom is -0.370 e. The number of allylic oxidation sites excluding steroid dienone is 2. The number of carbonyl (C=O) groups is 3. The lowest BCUT2D eigenvalue weighted by Crippen LogP contribution is -2.38. The molecule has 0 spiro atoms. The zero-order valence-corrected chi connectivity index (χ0v) is 17.6. The van der Waals surface area contributed by atoms with Crippen molar-refractivity contribution in [3.63, 3.8) is 0 Å². The van der Waals surface area contributed by atoms with E-state index in [1.807, 2.05) is 18.2 Å². The van der Waals surface area contributed by atoms with E-state index >= 15 is 0 Å². The molecule has 0 atom stereocenters. The molecule has 0 unspecified atom stereocenters. The molecule has 2 aliphatic heterocycles. The van der Waals surface area contributed by atoms with Crippen LogP contribution in [0, 0.1) is 12.5 Å². The van der Waals surface area contributed by atoms with Gasteiger partial charge in [0.25, 0.3) is 5.91 Å². The van der Waals surface area contributed by atoms with Crippen LogP contribution in [0.3, 0.4) is 0 Å². The summed E-state index contributed by atoms with van der Waals surface area (Å²) in [4.78, 5) is 42.2. The van der Waals surface area contributed by atoms with Crippen molar-refractivity contribution in [2.24, 2.45) is 5.92 Å². The second-order valence-corrected chi connectivity index (χ2v) is 8.59. The molecule has 0 radical (unpaired) electrons. The highest BCUT2D eigenvalue weighted by Gasteiger charge is 2.28. The summed E-state index contributed by atoms with van der Waals surface area (Å²) in [6.07, 6.45) is 6.56. The summed E-state index contributed by atoms with van der Waals surface area (Å²) in [6, 6.07) is 5.79. The van der Waals surface area contributed by atoms with Gasteiger partial charge in [-0.1, -0.05) is 19.1 Å². The molecule has 2 saturated heterocycles. The number of nitrogens with one attached hydrogen (secondary N) is 2. The number of piperidine rings is 2. The van der Waals surface area contributed by atoms with E-state index in [2.05, 4.69) is 27.3 Å². The number of rotatable bonds is 4. The van der Waals surface area contributed by atoms with Crippen LogP contribution in [-0.2, 0) is 14.4 Å². The number of nitrogens with zero attached hydrogens (tertiary/aromatic N) is 2. The number of benzene rings is 1. The molecule has 7 nitrogen and oxygen atoms in total. The minimum atomic E-state index is -0.247. The molecule has 4 rings (SSSR count). The summed E-state index contributed by atoms with van der Waals surface area (Å²) in [7, 11) is 0. The Kier molecular flexibility index (Phi) is 5.90. The SMILES string of the molecule is [C-]#[N+]C1=CCC(C(=O)Nc2ccc(C3CC(=O)NC(=O)C3)cc2N2CCC(C)CC2)=C1. The molecule has 7 heteroatoms. The monoisotopic (exact) mass is 418 g/mol. The zero-order valence-electron chi connectivity index (χ0n) is 17.6. The Morgan fingerprint density at radius 3 is 2.55 bits per heavy atom. The Morgan fingerprint density at radius 1 is 1.19 bits per heavy atom. The maximum atomic E-state index is 12.8. The molecule has 0 bridgehead atoms. The van der Waals surface area contributed by atoms with Gasteiger partial charge in [0.2, 0.25) is 11.8 Å². The second-order valence-electron chi connectivity index (χ2n) is 8.59. The fourth-order valence-electron chi connectivity index (χ4n) is 4.38. The first kappa shape index (κ1) is 20.9. The van der Waals surface area contributed by atoms with E-state index in [9.17, 15) is 14.4 Å². The van der Waals surface area contributed by atoms with Crippen molar-refractivity contribution in [3.05, 3.63) is 58.6 Å². The van der Waals surface area contributed by atoms with E-state index in [1.54, 1.807) is 12.2 Å². The normalized spacial score (nSPS) is 20.1. The maximum absolute atomic E-state index is 12.8.